The highest BCUT2D eigenvalue weighted by molar-refractivity contribution is 5.75. The number of carboxylic acid groups (broad SMARTS) is 1. The number of carbonyl (C=O) groups is 1. The minimum Gasteiger partial charge on any atom is -0.497 e. The molecule has 0 fully saturated rings. The molecule has 0 saturated heterocycles. The standard InChI is InChI=1S/C15H18N2O3/c1-3-17-8-7-16-14(17)13(15(18)19)10-11-5-4-6-12(9-11)20-2/h4-9,13H,3,10H2,1-2H3,(H,18,19). The fraction of sp³-hybridized carbons (Fsp3) is 0.333. The van der Waals surface area contributed by atoms with Crippen LogP contribution in [0, 0.1) is 0 Å². The Labute approximate surface area is 117 Å². The smallest absolute Gasteiger partial charge is 0.314 e. The molecule has 0 amide bonds. The Morgan fingerprint density at radius 2 is 2.30 bits per heavy atom. The molecule has 1 aromatic carbocycles. The third-order valence-electron chi connectivity index (χ3n) is 3.27. The van der Waals surface area contributed by atoms with E-state index in [9.17, 15) is 9.90 Å². The molecule has 0 aliphatic heterocycles. The maximum Gasteiger partial charge on any atom is 0.314 e. The molecule has 20 heavy (non-hydrogen) atoms. The summed E-state index contributed by atoms with van der Waals surface area (Å²) in [6.45, 7) is 2.67. The Bertz CT molecular complexity index is 592. The maximum absolute atomic E-state index is 11.5. The van der Waals surface area contributed by atoms with Crippen LogP contribution in [-0.2, 0) is 17.8 Å². The lowest BCUT2D eigenvalue weighted by Gasteiger charge is -2.14. The predicted molar refractivity (Wildman–Crippen MR) is 75.0 cm³/mol. The second-order valence-electron chi connectivity index (χ2n) is 4.52. The van der Waals surface area contributed by atoms with Crippen molar-refractivity contribution in [1.29, 1.82) is 0 Å². The van der Waals surface area contributed by atoms with Crippen LogP contribution in [0.1, 0.15) is 24.2 Å². The van der Waals surface area contributed by atoms with Gasteiger partial charge < -0.3 is 14.4 Å². The quantitative estimate of drug-likeness (QED) is 0.878. The number of hydrogen-bond acceptors (Lipinski definition) is 3. The Balaban J connectivity index is 2.28. The molecular formula is C15H18N2O3. The van der Waals surface area contributed by atoms with Crippen molar-refractivity contribution >= 4 is 5.97 Å². The van der Waals surface area contributed by atoms with Crippen molar-refractivity contribution in [1.82, 2.24) is 9.55 Å². The number of hydrogen-bond donors (Lipinski definition) is 1. The Kier molecular flexibility index (Phi) is 4.40. The number of imidazole rings is 1. The normalized spacial score (nSPS) is 12.1. The first-order valence-corrected chi connectivity index (χ1v) is 6.52. The lowest BCUT2D eigenvalue weighted by atomic mass is 9.98. The second-order valence-corrected chi connectivity index (χ2v) is 4.52. The van der Waals surface area contributed by atoms with Gasteiger partial charge in [0.1, 0.15) is 17.5 Å². The highest BCUT2D eigenvalue weighted by Crippen LogP contribution is 2.22. The van der Waals surface area contributed by atoms with Crippen molar-refractivity contribution in [3.8, 4) is 5.75 Å². The zero-order valence-electron chi connectivity index (χ0n) is 11.6. The van der Waals surface area contributed by atoms with Crippen molar-refractivity contribution in [2.75, 3.05) is 7.11 Å². The number of aliphatic carboxylic acids is 1. The molecule has 1 aromatic heterocycles. The number of nitrogens with zero attached hydrogens (tertiary/aromatic N) is 2. The van der Waals surface area contributed by atoms with E-state index in [2.05, 4.69) is 4.98 Å². The van der Waals surface area contributed by atoms with Crippen LogP contribution >= 0.6 is 0 Å². The fourth-order valence-electron chi connectivity index (χ4n) is 2.22. The van der Waals surface area contributed by atoms with Gasteiger partial charge in [-0.05, 0) is 31.0 Å². The molecule has 106 valence electrons. The van der Waals surface area contributed by atoms with Gasteiger partial charge in [-0.3, -0.25) is 4.79 Å². The van der Waals surface area contributed by atoms with Crippen LogP contribution in [-0.4, -0.2) is 27.7 Å². The summed E-state index contributed by atoms with van der Waals surface area (Å²) in [4.78, 5) is 15.7. The lowest BCUT2D eigenvalue weighted by Crippen LogP contribution is -2.19. The van der Waals surface area contributed by atoms with Crippen molar-refractivity contribution in [3.05, 3.63) is 48.0 Å². The molecule has 2 rings (SSSR count). The van der Waals surface area contributed by atoms with Crippen LogP contribution in [0.5, 0.6) is 5.75 Å². The van der Waals surface area contributed by atoms with Crippen LogP contribution in [0.3, 0.4) is 0 Å². The molecule has 0 bridgehead atoms. The molecule has 1 N–H and O–H groups in total. The summed E-state index contributed by atoms with van der Waals surface area (Å²) in [5, 5.41) is 9.47. The molecule has 0 saturated carbocycles. The molecule has 5 heteroatoms. The molecule has 1 heterocycles. The van der Waals surface area contributed by atoms with E-state index in [0.717, 1.165) is 11.3 Å². The highest BCUT2D eigenvalue weighted by Gasteiger charge is 2.24. The topological polar surface area (TPSA) is 64.4 Å². The summed E-state index contributed by atoms with van der Waals surface area (Å²) < 4.78 is 7.02. The van der Waals surface area contributed by atoms with Gasteiger partial charge in [0.2, 0.25) is 0 Å². The van der Waals surface area contributed by atoms with Crippen LogP contribution in [0.25, 0.3) is 0 Å². The van der Waals surface area contributed by atoms with Crippen molar-refractivity contribution in [3.63, 3.8) is 0 Å². The third kappa shape index (κ3) is 2.99. The Hall–Kier alpha value is -2.30. The van der Waals surface area contributed by atoms with E-state index in [1.165, 1.54) is 0 Å². The summed E-state index contributed by atoms with van der Waals surface area (Å²) in [6, 6.07) is 7.46. The molecule has 5 nitrogen and oxygen atoms in total. The van der Waals surface area contributed by atoms with Crippen molar-refractivity contribution in [2.24, 2.45) is 0 Å². The molecule has 2 aromatic rings. The van der Waals surface area contributed by atoms with E-state index in [1.807, 2.05) is 35.8 Å². The van der Waals surface area contributed by atoms with Gasteiger partial charge in [-0.1, -0.05) is 12.1 Å². The fourth-order valence-corrected chi connectivity index (χ4v) is 2.22. The number of benzene rings is 1. The van der Waals surface area contributed by atoms with Crippen LogP contribution in [0.4, 0.5) is 0 Å². The summed E-state index contributed by atoms with van der Waals surface area (Å²) >= 11 is 0. The Morgan fingerprint density at radius 3 is 2.95 bits per heavy atom. The van der Waals surface area contributed by atoms with E-state index in [-0.39, 0.29) is 0 Å². The highest BCUT2D eigenvalue weighted by atomic mass is 16.5. The van der Waals surface area contributed by atoms with E-state index >= 15 is 0 Å². The zero-order chi connectivity index (χ0) is 14.5. The van der Waals surface area contributed by atoms with Gasteiger partial charge in [-0.25, -0.2) is 4.98 Å². The zero-order valence-corrected chi connectivity index (χ0v) is 11.6. The largest absolute Gasteiger partial charge is 0.497 e. The van der Waals surface area contributed by atoms with Gasteiger partial charge in [-0.2, -0.15) is 0 Å². The number of methoxy groups -OCH3 is 1. The molecule has 1 unspecified atom stereocenters. The first-order valence-electron chi connectivity index (χ1n) is 6.52. The van der Waals surface area contributed by atoms with Gasteiger partial charge in [0.25, 0.3) is 0 Å². The van der Waals surface area contributed by atoms with Crippen LogP contribution < -0.4 is 4.74 Å². The first kappa shape index (κ1) is 14.1. The van der Waals surface area contributed by atoms with Gasteiger partial charge in [0.05, 0.1) is 7.11 Å². The minimum atomic E-state index is -0.867. The molecular weight excluding hydrogens is 256 g/mol. The molecule has 0 spiro atoms. The van der Waals surface area contributed by atoms with Crippen molar-refractivity contribution in [2.45, 2.75) is 25.8 Å². The monoisotopic (exact) mass is 274 g/mol. The molecule has 0 radical (unpaired) electrons. The number of carboxylic acids is 1. The SMILES string of the molecule is CCn1ccnc1C(Cc1cccc(OC)c1)C(=O)O. The number of ether oxygens (including phenoxy) is 1. The van der Waals surface area contributed by atoms with Gasteiger partial charge in [0.15, 0.2) is 0 Å². The first-order chi connectivity index (χ1) is 9.65. The lowest BCUT2D eigenvalue weighted by molar-refractivity contribution is -0.139. The van der Waals surface area contributed by atoms with E-state index in [0.29, 0.717) is 18.8 Å². The average Bonchev–Trinajstić information content (AvgIpc) is 2.92. The third-order valence-corrected chi connectivity index (χ3v) is 3.27. The molecule has 1 atom stereocenters. The summed E-state index contributed by atoms with van der Waals surface area (Å²) in [6.07, 6.45) is 3.83. The minimum absolute atomic E-state index is 0.392. The van der Waals surface area contributed by atoms with Gasteiger partial charge >= 0.3 is 5.97 Å². The van der Waals surface area contributed by atoms with Gasteiger partial charge in [0, 0.05) is 18.9 Å². The predicted octanol–water partition coefficient (Wildman–Crippen LogP) is 2.32. The van der Waals surface area contributed by atoms with Crippen LogP contribution in [0.2, 0.25) is 0 Å². The van der Waals surface area contributed by atoms with Gasteiger partial charge in [-0.15, -0.1) is 0 Å². The van der Waals surface area contributed by atoms with Crippen molar-refractivity contribution < 1.29 is 14.6 Å². The van der Waals surface area contributed by atoms with E-state index in [1.54, 1.807) is 19.5 Å². The average molecular weight is 274 g/mol. The summed E-state index contributed by atoms with van der Waals surface area (Å²) in [5.41, 5.74) is 0.919. The second kappa shape index (κ2) is 6.23. The Morgan fingerprint density at radius 1 is 1.50 bits per heavy atom. The number of aryl methyl sites for hydroxylation is 1. The summed E-state index contributed by atoms with van der Waals surface area (Å²) in [5.74, 6) is -0.209. The number of aromatic nitrogens is 2. The molecule has 0 aliphatic carbocycles. The molecule has 0 aliphatic rings. The van der Waals surface area contributed by atoms with E-state index < -0.39 is 11.9 Å². The maximum atomic E-state index is 11.5. The summed E-state index contributed by atoms with van der Waals surface area (Å²) in [7, 11) is 1.59. The van der Waals surface area contributed by atoms with E-state index in [4.69, 9.17) is 4.74 Å². The number of rotatable bonds is 6. The van der Waals surface area contributed by atoms with Crippen LogP contribution in [0.15, 0.2) is 36.7 Å².